The van der Waals surface area contributed by atoms with E-state index in [9.17, 15) is 4.79 Å². The van der Waals surface area contributed by atoms with Crippen LogP contribution >= 0.6 is 15.9 Å². The molecule has 0 N–H and O–H groups in total. The minimum absolute atomic E-state index is 0.0446. The van der Waals surface area contributed by atoms with E-state index in [1.165, 1.54) is 0 Å². The second-order valence-electron chi connectivity index (χ2n) is 3.84. The zero-order valence-electron chi connectivity index (χ0n) is 9.20. The van der Waals surface area contributed by atoms with Gasteiger partial charge < -0.3 is 9.47 Å². The second kappa shape index (κ2) is 3.77. The first kappa shape index (κ1) is 10.7. The first-order valence-electron chi connectivity index (χ1n) is 5.26. The van der Waals surface area contributed by atoms with Crippen LogP contribution in [0.3, 0.4) is 0 Å². The maximum atomic E-state index is 11.9. The van der Waals surface area contributed by atoms with Gasteiger partial charge in [-0.15, -0.1) is 0 Å². The highest BCUT2D eigenvalue weighted by Gasteiger charge is 2.23. The van der Waals surface area contributed by atoms with Crippen molar-refractivity contribution in [3.63, 3.8) is 0 Å². The fourth-order valence-electron chi connectivity index (χ4n) is 2.12. The molecule has 88 valence electrons. The Morgan fingerprint density at radius 2 is 2.35 bits per heavy atom. The van der Waals surface area contributed by atoms with Gasteiger partial charge in [-0.05, 0) is 28.1 Å². The molecule has 0 aliphatic carbocycles. The zero-order valence-corrected chi connectivity index (χ0v) is 10.8. The maximum absolute atomic E-state index is 11.9. The van der Waals surface area contributed by atoms with E-state index in [4.69, 9.17) is 9.47 Å². The van der Waals surface area contributed by atoms with Crippen molar-refractivity contribution in [2.45, 2.75) is 6.42 Å². The molecular weight excluding hydrogens is 286 g/mol. The Balaban J connectivity index is 2.43. The van der Waals surface area contributed by atoms with Gasteiger partial charge in [0.25, 0.3) is 0 Å². The SMILES string of the molecule is COc1c(Br)cc2ccn3c2c1OCCC3=O. The lowest BCUT2D eigenvalue weighted by atomic mass is 10.2. The molecule has 2 aromatic rings. The fraction of sp³-hybridized carbons (Fsp3) is 0.250. The van der Waals surface area contributed by atoms with Crippen molar-refractivity contribution >= 4 is 32.7 Å². The van der Waals surface area contributed by atoms with Gasteiger partial charge in [0.05, 0.1) is 24.6 Å². The van der Waals surface area contributed by atoms with Crippen LogP contribution in [0.4, 0.5) is 0 Å². The number of hydrogen-bond donors (Lipinski definition) is 0. The monoisotopic (exact) mass is 295 g/mol. The van der Waals surface area contributed by atoms with Crippen molar-refractivity contribution in [3.05, 3.63) is 22.8 Å². The third-order valence-electron chi connectivity index (χ3n) is 2.87. The smallest absolute Gasteiger partial charge is 0.234 e. The number of nitrogens with zero attached hydrogens (tertiary/aromatic N) is 1. The van der Waals surface area contributed by atoms with Gasteiger partial charge in [-0.2, -0.15) is 0 Å². The maximum Gasteiger partial charge on any atom is 0.234 e. The molecule has 0 saturated heterocycles. The standard InChI is InChI=1S/C12H10BrNO3/c1-16-11-8(13)6-7-2-4-14-9(15)3-5-17-12(11)10(7)14/h2,4,6H,3,5H2,1H3. The largest absolute Gasteiger partial charge is 0.492 e. The van der Waals surface area contributed by atoms with Crippen molar-refractivity contribution in [1.29, 1.82) is 0 Å². The van der Waals surface area contributed by atoms with Crippen molar-refractivity contribution in [1.82, 2.24) is 4.57 Å². The van der Waals surface area contributed by atoms with Crippen LogP contribution in [0.25, 0.3) is 10.9 Å². The molecule has 0 amide bonds. The Bertz CT molecular complexity index is 618. The molecule has 1 aliphatic heterocycles. The summed E-state index contributed by atoms with van der Waals surface area (Å²) in [5, 5.41) is 0.961. The summed E-state index contributed by atoms with van der Waals surface area (Å²) in [6, 6.07) is 3.83. The van der Waals surface area contributed by atoms with Gasteiger partial charge in [-0.3, -0.25) is 9.36 Å². The van der Waals surface area contributed by atoms with Crippen LogP contribution in [0.2, 0.25) is 0 Å². The topological polar surface area (TPSA) is 40.5 Å². The van der Waals surface area contributed by atoms with Crippen LogP contribution < -0.4 is 9.47 Å². The fourth-order valence-corrected chi connectivity index (χ4v) is 2.70. The Morgan fingerprint density at radius 1 is 1.53 bits per heavy atom. The van der Waals surface area contributed by atoms with Gasteiger partial charge in [0, 0.05) is 11.6 Å². The van der Waals surface area contributed by atoms with Gasteiger partial charge in [0.1, 0.15) is 5.52 Å². The highest BCUT2D eigenvalue weighted by molar-refractivity contribution is 9.10. The van der Waals surface area contributed by atoms with Crippen LogP contribution in [-0.2, 0) is 0 Å². The summed E-state index contributed by atoms with van der Waals surface area (Å²) in [5.74, 6) is 1.31. The Morgan fingerprint density at radius 3 is 3.12 bits per heavy atom. The van der Waals surface area contributed by atoms with E-state index in [-0.39, 0.29) is 5.91 Å². The average molecular weight is 296 g/mol. The number of hydrogen-bond acceptors (Lipinski definition) is 3. The van der Waals surface area contributed by atoms with Gasteiger partial charge >= 0.3 is 0 Å². The number of methoxy groups -OCH3 is 1. The molecular formula is C12H10BrNO3. The first-order chi connectivity index (χ1) is 8.22. The lowest BCUT2D eigenvalue weighted by molar-refractivity contribution is 0.0895. The molecule has 1 aromatic heterocycles. The molecule has 2 heterocycles. The number of benzene rings is 1. The third-order valence-corrected chi connectivity index (χ3v) is 3.46. The number of halogens is 1. The van der Waals surface area contributed by atoms with E-state index in [0.717, 1.165) is 15.4 Å². The second-order valence-corrected chi connectivity index (χ2v) is 4.69. The summed E-state index contributed by atoms with van der Waals surface area (Å²) >= 11 is 3.44. The lowest BCUT2D eigenvalue weighted by Gasteiger charge is -2.11. The first-order valence-corrected chi connectivity index (χ1v) is 6.05. The van der Waals surface area contributed by atoms with Crippen molar-refractivity contribution in [3.8, 4) is 11.5 Å². The van der Waals surface area contributed by atoms with E-state index in [1.807, 2.05) is 12.1 Å². The predicted octanol–water partition coefficient (Wildman–Crippen LogP) is 2.84. The summed E-state index contributed by atoms with van der Waals surface area (Å²) in [4.78, 5) is 11.9. The molecule has 0 unspecified atom stereocenters. The average Bonchev–Trinajstić information content (AvgIpc) is 2.64. The molecule has 1 aliphatic rings. The molecule has 0 atom stereocenters. The molecule has 1 aromatic carbocycles. The van der Waals surface area contributed by atoms with E-state index < -0.39 is 0 Å². The highest BCUT2D eigenvalue weighted by Crippen LogP contribution is 2.43. The molecule has 3 rings (SSSR count). The van der Waals surface area contributed by atoms with Crippen LogP contribution in [0, 0.1) is 0 Å². The van der Waals surface area contributed by atoms with Crippen LogP contribution in [0.15, 0.2) is 22.8 Å². The number of rotatable bonds is 1. The van der Waals surface area contributed by atoms with Gasteiger partial charge in [-0.1, -0.05) is 0 Å². The zero-order chi connectivity index (χ0) is 12.0. The van der Waals surface area contributed by atoms with Crippen LogP contribution in [0.5, 0.6) is 11.5 Å². The van der Waals surface area contributed by atoms with Gasteiger partial charge in [-0.25, -0.2) is 0 Å². The van der Waals surface area contributed by atoms with Gasteiger partial charge in [0.2, 0.25) is 5.91 Å². The molecule has 0 saturated carbocycles. The number of ether oxygens (including phenoxy) is 2. The third kappa shape index (κ3) is 1.45. The lowest BCUT2D eigenvalue weighted by Crippen LogP contribution is -2.09. The van der Waals surface area contributed by atoms with Crippen LogP contribution in [0.1, 0.15) is 11.2 Å². The molecule has 17 heavy (non-hydrogen) atoms. The van der Waals surface area contributed by atoms with E-state index in [1.54, 1.807) is 17.9 Å². The summed E-state index contributed by atoms with van der Waals surface area (Å²) in [5.41, 5.74) is 0.785. The minimum atomic E-state index is 0.0446. The highest BCUT2D eigenvalue weighted by atomic mass is 79.9. The number of carbonyl (C=O) groups is 1. The van der Waals surface area contributed by atoms with E-state index in [0.29, 0.717) is 24.5 Å². The van der Waals surface area contributed by atoms with Crippen molar-refractivity contribution in [2.75, 3.05) is 13.7 Å². The predicted molar refractivity (Wildman–Crippen MR) is 66.9 cm³/mol. The quantitative estimate of drug-likeness (QED) is 0.812. The molecule has 5 heteroatoms. The molecule has 0 radical (unpaired) electrons. The molecule has 0 fully saturated rings. The normalized spacial score (nSPS) is 14.6. The van der Waals surface area contributed by atoms with E-state index >= 15 is 0 Å². The minimum Gasteiger partial charge on any atom is -0.492 e. The number of carbonyl (C=O) groups excluding carboxylic acids is 1. The molecule has 0 bridgehead atoms. The number of aromatic nitrogens is 1. The Labute approximate surface area is 106 Å². The molecule has 0 spiro atoms. The van der Waals surface area contributed by atoms with E-state index in [2.05, 4.69) is 15.9 Å². The summed E-state index contributed by atoms with van der Waals surface area (Å²) in [7, 11) is 1.59. The Hall–Kier alpha value is -1.49. The summed E-state index contributed by atoms with van der Waals surface area (Å²) in [6.07, 6.45) is 2.15. The van der Waals surface area contributed by atoms with Crippen molar-refractivity contribution in [2.24, 2.45) is 0 Å². The van der Waals surface area contributed by atoms with Crippen LogP contribution in [-0.4, -0.2) is 24.2 Å². The van der Waals surface area contributed by atoms with Gasteiger partial charge in [0.15, 0.2) is 11.5 Å². The molecule has 4 nitrogen and oxygen atoms in total. The van der Waals surface area contributed by atoms with Crippen molar-refractivity contribution < 1.29 is 14.3 Å². The summed E-state index contributed by atoms with van der Waals surface area (Å²) < 4.78 is 13.4. The summed E-state index contributed by atoms with van der Waals surface area (Å²) in [6.45, 7) is 0.377. The Kier molecular flexibility index (Phi) is 2.36.